The van der Waals surface area contributed by atoms with Gasteiger partial charge in [0.2, 0.25) is 0 Å². The van der Waals surface area contributed by atoms with Gasteiger partial charge in [-0.25, -0.2) is 4.79 Å². The van der Waals surface area contributed by atoms with Gasteiger partial charge in [0, 0.05) is 18.4 Å². The molecule has 1 saturated carbocycles. The summed E-state index contributed by atoms with van der Waals surface area (Å²) in [6.07, 6.45) is 19.0. The van der Waals surface area contributed by atoms with Gasteiger partial charge in [-0.1, -0.05) is 63.7 Å². The molecule has 0 aromatic rings. The predicted molar refractivity (Wildman–Crippen MR) is 94.4 cm³/mol. The molecular weight excluding hydrogens is 288 g/mol. The van der Waals surface area contributed by atoms with Crippen molar-refractivity contribution in [1.82, 2.24) is 0 Å². The highest BCUT2D eigenvalue weighted by molar-refractivity contribution is 5.83. The van der Waals surface area contributed by atoms with Crippen LogP contribution in [0.1, 0.15) is 77.6 Å². The van der Waals surface area contributed by atoms with E-state index in [1.54, 1.807) is 6.08 Å². The number of carbonyl (C=O) groups is 2. The highest BCUT2D eigenvalue weighted by Crippen LogP contribution is 2.35. The highest BCUT2D eigenvalue weighted by atomic mass is 16.4. The van der Waals surface area contributed by atoms with Gasteiger partial charge in [0.1, 0.15) is 5.78 Å². The highest BCUT2D eigenvalue weighted by Gasteiger charge is 2.33. The molecule has 1 aliphatic rings. The first-order valence-electron chi connectivity index (χ1n) is 9.24. The second kappa shape index (κ2) is 12.1. The van der Waals surface area contributed by atoms with Gasteiger partial charge in [-0.3, -0.25) is 4.79 Å². The Hall–Kier alpha value is -1.38. The van der Waals surface area contributed by atoms with E-state index in [-0.39, 0.29) is 5.92 Å². The molecule has 3 nitrogen and oxygen atoms in total. The maximum atomic E-state index is 12.1. The van der Waals surface area contributed by atoms with Crippen molar-refractivity contribution in [3.63, 3.8) is 0 Å². The standard InChI is InChI=1S/C20H32O3/c1-2-3-4-5-6-9-12-17-15-16-19(21)18(17)13-10-7-8-11-14-20(22)23/h7-8,11,14,17-18H,2-6,9-10,12-13,15-16H2,1H3,(H,22,23)/t17-,18+/m0/s1. The van der Waals surface area contributed by atoms with E-state index in [1.165, 1.54) is 51.0 Å². The number of hydrogen-bond donors (Lipinski definition) is 1. The van der Waals surface area contributed by atoms with E-state index >= 15 is 0 Å². The number of unbranched alkanes of at least 4 members (excludes halogenated alkanes) is 5. The fourth-order valence-electron chi connectivity index (χ4n) is 3.49. The lowest BCUT2D eigenvalue weighted by Crippen LogP contribution is -2.14. The van der Waals surface area contributed by atoms with Crippen molar-refractivity contribution in [1.29, 1.82) is 0 Å². The van der Waals surface area contributed by atoms with Crippen LogP contribution in [0.4, 0.5) is 0 Å². The summed E-state index contributed by atoms with van der Waals surface area (Å²) in [4.78, 5) is 22.4. The number of rotatable bonds is 12. The fraction of sp³-hybridized carbons (Fsp3) is 0.700. The summed E-state index contributed by atoms with van der Waals surface area (Å²) in [6.45, 7) is 2.24. The van der Waals surface area contributed by atoms with Gasteiger partial charge < -0.3 is 5.11 Å². The van der Waals surface area contributed by atoms with Crippen LogP contribution in [0.5, 0.6) is 0 Å². The van der Waals surface area contributed by atoms with Gasteiger partial charge in [-0.2, -0.15) is 0 Å². The number of carbonyl (C=O) groups excluding carboxylic acids is 1. The average molecular weight is 320 g/mol. The molecule has 2 atom stereocenters. The molecule has 130 valence electrons. The van der Waals surface area contributed by atoms with Gasteiger partial charge in [-0.05, 0) is 31.6 Å². The van der Waals surface area contributed by atoms with Crippen LogP contribution in [0, 0.1) is 11.8 Å². The Kier molecular flexibility index (Phi) is 10.3. The van der Waals surface area contributed by atoms with Gasteiger partial charge in [-0.15, -0.1) is 0 Å². The number of Topliss-reactive ketones (excluding diaryl/α,β-unsaturated/α-hetero) is 1. The smallest absolute Gasteiger partial charge is 0.328 e. The molecule has 0 aliphatic heterocycles. The van der Waals surface area contributed by atoms with Crippen molar-refractivity contribution in [2.24, 2.45) is 11.8 Å². The summed E-state index contributed by atoms with van der Waals surface area (Å²) in [5.41, 5.74) is 0. The van der Waals surface area contributed by atoms with Crippen molar-refractivity contribution in [3.05, 3.63) is 24.3 Å². The van der Waals surface area contributed by atoms with Crippen LogP contribution in [0.2, 0.25) is 0 Å². The summed E-state index contributed by atoms with van der Waals surface area (Å²) in [5.74, 6) is 0.325. The number of aliphatic carboxylic acids is 1. The van der Waals surface area contributed by atoms with Gasteiger partial charge >= 0.3 is 5.97 Å². The van der Waals surface area contributed by atoms with Crippen LogP contribution in [0.25, 0.3) is 0 Å². The molecule has 0 aromatic heterocycles. The second-order valence-electron chi connectivity index (χ2n) is 6.63. The SMILES string of the molecule is CCCCCCCC[C@H]1CCC(=O)[C@@H]1CCC=CC=CC(=O)O. The molecule has 0 saturated heterocycles. The van der Waals surface area contributed by atoms with Gasteiger partial charge in [0.15, 0.2) is 0 Å². The fourth-order valence-corrected chi connectivity index (χ4v) is 3.49. The summed E-state index contributed by atoms with van der Waals surface area (Å²) in [6, 6.07) is 0. The molecule has 0 radical (unpaired) electrons. The molecule has 1 fully saturated rings. The molecule has 0 aromatic carbocycles. The normalized spacial score (nSPS) is 21.7. The largest absolute Gasteiger partial charge is 0.478 e. The molecule has 0 amide bonds. The second-order valence-corrected chi connectivity index (χ2v) is 6.63. The molecule has 0 spiro atoms. The number of carboxylic acids is 1. The third kappa shape index (κ3) is 8.73. The van der Waals surface area contributed by atoms with Gasteiger partial charge in [0.25, 0.3) is 0 Å². The van der Waals surface area contributed by atoms with E-state index in [1.807, 2.05) is 6.08 Å². The zero-order valence-corrected chi connectivity index (χ0v) is 14.5. The van der Waals surface area contributed by atoms with Crippen LogP contribution >= 0.6 is 0 Å². The van der Waals surface area contributed by atoms with Gasteiger partial charge in [0.05, 0.1) is 0 Å². The van der Waals surface area contributed by atoms with Crippen molar-refractivity contribution in [2.45, 2.75) is 77.6 Å². The van der Waals surface area contributed by atoms with Crippen molar-refractivity contribution in [2.75, 3.05) is 0 Å². The Morgan fingerprint density at radius 2 is 1.87 bits per heavy atom. The van der Waals surface area contributed by atoms with E-state index in [2.05, 4.69) is 6.92 Å². The summed E-state index contributed by atoms with van der Waals surface area (Å²) < 4.78 is 0. The van der Waals surface area contributed by atoms with Crippen LogP contribution < -0.4 is 0 Å². The lowest BCUT2D eigenvalue weighted by molar-refractivity contribution is -0.131. The zero-order valence-electron chi connectivity index (χ0n) is 14.5. The molecule has 23 heavy (non-hydrogen) atoms. The molecular formula is C20H32O3. The summed E-state index contributed by atoms with van der Waals surface area (Å²) >= 11 is 0. The van der Waals surface area contributed by atoms with E-state index in [0.717, 1.165) is 31.8 Å². The molecule has 1 aliphatic carbocycles. The van der Waals surface area contributed by atoms with E-state index in [4.69, 9.17) is 5.11 Å². The van der Waals surface area contributed by atoms with E-state index in [9.17, 15) is 9.59 Å². The average Bonchev–Trinajstić information content (AvgIpc) is 2.86. The third-order valence-electron chi connectivity index (χ3n) is 4.80. The summed E-state index contributed by atoms with van der Waals surface area (Å²) in [7, 11) is 0. The molecule has 0 bridgehead atoms. The monoisotopic (exact) mass is 320 g/mol. The topological polar surface area (TPSA) is 54.4 Å². The summed E-state index contributed by atoms with van der Waals surface area (Å²) in [5, 5.41) is 8.50. The van der Waals surface area contributed by atoms with E-state index < -0.39 is 5.97 Å². The number of carboxylic acid groups (broad SMARTS) is 1. The first-order chi connectivity index (χ1) is 11.1. The Bertz CT molecular complexity index is 409. The quantitative estimate of drug-likeness (QED) is 0.301. The van der Waals surface area contributed by atoms with Crippen molar-refractivity contribution in [3.8, 4) is 0 Å². The number of hydrogen-bond acceptors (Lipinski definition) is 2. The van der Waals surface area contributed by atoms with Crippen molar-refractivity contribution >= 4 is 11.8 Å². The first-order valence-corrected chi connectivity index (χ1v) is 9.24. The van der Waals surface area contributed by atoms with Crippen LogP contribution in [0.3, 0.4) is 0 Å². The lowest BCUT2D eigenvalue weighted by Gasteiger charge is -2.17. The minimum absolute atomic E-state index is 0.235. The Morgan fingerprint density at radius 1 is 1.13 bits per heavy atom. The first kappa shape index (κ1) is 19.7. The Labute approximate surface area is 140 Å². The molecule has 3 heteroatoms. The van der Waals surface area contributed by atoms with Crippen LogP contribution in [-0.4, -0.2) is 16.9 Å². The maximum absolute atomic E-state index is 12.1. The molecule has 1 N–H and O–H groups in total. The lowest BCUT2D eigenvalue weighted by atomic mass is 9.87. The maximum Gasteiger partial charge on any atom is 0.328 e. The molecule has 0 heterocycles. The van der Waals surface area contributed by atoms with Crippen LogP contribution in [0.15, 0.2) is 24.3 Å². The van der Waals surface area contributed by atoms with E-state index in [0.29, 0.717) is 11.7 Å². The number of allylic oxidation sites excluding steroid dienone is 3. The predicted octanol–water partition coefficient (Wildman–Crippen LogP) is 5.31. The number of ketones is 1. The minimum atomic E-state index is -0.931. The zero-order chi connectivity index (χ0) is 16.9. The third-order valence-corrected chi connectivity index (χ3v) is 4.80. The van der Waals surface area contributed by atoms with Crippen molar-refractivity contribution < 1.29 is 14.7 Å². The Morgan fingerprint density at radius 3 is 2.61 bits per heavy atom. The van der Waals surface area contributed by atoms with Crippen LogP contribution in [-0.2, 0) is 9.59 Å². The molecule has 1 rings (SSSR count). The molecule has 0 unspecified atom stereocenters. The Balaban J connectivity index is 2.23. The minimum Gasteiger partial charge on any atom is -0.478 e.